The number of hydrogen-bond donors (Lipinski definition) is 0. The Labute approximate surface area is 136 Å². The summed E-state index contributed by atoms with van der Waals surface area (Å²) in [4.78, 5) is 4.26. The van der Waals surface area contributed by atoms with Crippen molar-refractivity contribution in [2.45, 2.75) is 55.8 Å². The molecule has 0 bridgehead atoms. The number of rotatable bonds is 5. The standard InChI is InChI=1S/C16H22N2O4S/c19-23(20,13-4-5-13)18-9-10-21-16-14(18)6-7-15(16)22-11-12-3-1-2-8-17-12/h1-3,8,13-16H,4-7,9-11H2/t14-,15-,16+/m0/s1. The van der Waals surface area contributed by atoms with Crippen LogP contribution in [0.4, 0.5) is 0 Å². The van der Waals surface area contributed by atoms with Crippen LogP contribution >= 0.6 is 0 Å². The van der Waals surface area contributed by atoms with Crippen LogP contribution in [-0.2, 0) is 26.1 Å². The lowest BCUT2D eigenvalue weighted by Gasteiger charge is -2.38. The van der Waals surface area contributed by atoms with Crippen molar-refractivity contribution in [3.05, 3.63) is 30.1 Å². The van der Waals surface area contributed by atoms with Gasteiger partial charge < -0.3 is 9.47 Å². The fourth-order valence-electron chi connectivity index (χ4n) is 3.61. The van der Waals surface area contributed by atoms with E-state index in [0.717, 1.165) is 31.4 Å². The maximum Gasteiger partial charge on any atom is 0.217 e. The molecule has 4 rings (SSSR count). The second kappa shape index (κ2) is 6.12. The topological polar surface area (TPSA) is 68.7 Å². The molecule has 0 N–H and O–H groups in total. The molecule has 3 fully saturated rings. The first-order chi connectivity index (χ1) is 11.2. The van der Waals surface area contributed by atoms with Gasteiger partial charge in [-0.1, -0.05) is 6.07 Å². The van der Waals surface area contributed by atoms with Crippen LogP contribution in [0, 0.1) is 0 Å². The zero-order chi connectivity index (χ0) is 15.9. The van der Waals surface area contributed by atoms with Crippen molar-refractivity contribution in [3.63, 3.8) is 0 Å². The molecule has 2 heterocycles. The van der Waals surface area contributed by atoms with Gasteiger partial charge in [0, 0.05) is 12.7 Å². The monoisotopic (exact) mass is 338 g/mol. The molecule has 0 spiro atoms. The van der Waals surface area contributed by atoms with Crippen molar-refractivity contribution < 1.29 is 17.9 Å². The van der Waals surface area contributed by atoms with Gasteiger partial charge in [0.1, 0.15) is 6.10 Å². The van der Waals surface area contributed by atoms with E-state index >= 15 is 0 Å². The molecule has 0 radical (unpaired) electrons. The lowest BCUT2D eigenvalue weighted by Crippen LogP contribution is -2.54. The van der Waals surface area contributed by atoms with Crippen LogP contribution < -0.4 is 0 Å². The smallest absolute Gasteiger partial charge is 0.217 e. The maximum atomic E-state index is 12.6. The SMILES string of the molecule is O=S(=O)(C1CC1)N1CCO[C@H]2[C@@H](OCc3ccccn3)CC[C@@H]21. The van der Waals surface area contributed by atoms with Crippen LogP contribution in [0.1, 0.15) is 31.4 Å². The zero-order valence-corrected chi connectivity index (χ0v) is 13.8. The minimum atomic E-state index is -3.15. The Hall–Kier alpha value is -1.02. The Morgan fingerprint density at radius 1 is 1.26 bits per heavy atom. The number of fused-ring (bicyclic) bond motifs is 1. The number of sulfonamides is 1. The molecule has 6 nitrogen and oxygen atoms in total. The molecule has 0 amide bonds. The first kappa shape index (κ1) is 15.5. The Balaban J connectivity index is 1.43. The minimum Gasteiger partial charge on any atom is -0.372 e. The normalized spacial score (nSPS) is 31.9. The van der Waals surface area contributed by atoms with E-state index < -0.39 is 10.0 Å². The first-order valence-electron chi connectivity index (χ1n) is 8.30. The summed E-state index contributed by atoms with van der Waals surface area (Å²) in [6.45, 7) is 1.37. The molecule has 2 aliphatic carbocycles. The third-order valence-electron chi connectivity index (χ3n) is 4.93. The summed E-state index contributed by atoms with van der Waals surface area (Å²) < 4.78 is 38.8. The van der Waals surface area contributed by atoms with Crippen molar-refractivity contribution >= 4 is 10.0 Å². The molecule has 7 heteroatoms. The van der Waals surface area contributed by atoms with E-state index in [1.54, 1.807) is 10.5 Å². The van der Waals surface area contributed by atoms with Gasteiger partial charge in [-0.2, -0.15) is 4.31 Å². The molecule has 3 aliphatic rings. The van der Waals surface area contributed by atoms with Crippen molar-refractivity contribution in [2.24, 2.45) is 0 Å². The van der Waals surface area contributed by atoms with Gasteiger partial charge in [0.2, 0.25) is 10.0 Å². The highest BCUT2D eigenvalue weighted by molar-refractivity contribution is 7.90. The van der Waals surface area contributed by atoms with Gasteiger partial charge in [0.05, 0.1) is 36.3 Å². The fourth-order valence-corrected chi connectivity index (χ4v) is 5.66. The zero-order valence-electron chi connectivity index (χ0n) is 13.0. The van der Waals surface area contributed by atoms with E-state index in [1.807, 2.05) is 18.2 Å². The summed E-state index contributed by atoms with van der Waals surface area (Å²) in [6.07, 6.45) is 4.78. The lowest BCUT2D eigenvalue weighted by atomic mass is 10.1. The van der Waals surface area contributed by atoms with E-state index in [0.29, 0.717) is 19.8 Å². The second-order valence-corrected chi connectivity index (χ2v) is 8.67. The number of aromatic nitrogens is 1. The van der Waals surface area contributed by atoms with Crippen LogP contribution in [0.2, 0.25) is 0 Å². The molecule has 3 atom stereocenters. The highest BCUT2D eigenvalue weighted by atomic mass is 32.2. The Bertz CT molecular complexity index is 647. The third kappa shape index (κ3) is 3.03. The van der Waals surface area contributed by atoms with Gasteiger partial charge in [0.15, 0.2) is 0 Å². The highest BCUT2D eigenvalue weighted by Gasteiger charge is 2.50. The summed E-state index contributed by atoms with van der Waals surface area (Å²) in [5, 5.41) is -0.158. The van der Waals surface area contributed by atoms with Gasteiger partial charge >= 0.3 is 0 Å². The summed E-state index contributed by atoms with van der Waals surface area (Å²) >= 11 is 0. The second-order valence-electron chi connectivity index (χ2n) is 6.51. The summed E-state index contributed by atoms with van der Waals surface area (Å²) in [7, 11) is -3.15. The van der Waals surface area contributed by atoms with E-state index in [-0.39, 0.29) is 23.5 Å². The number of pyridine rings is 1. The van der Waals surface area contributed by atoms with Crippen LogP contribution in [0.25, 0.3) is 0 Å². The molecule has 23 heavy (non-hydrogen) atoms. The van der Waals surface area contributed by atoms with Crippen LogP contribution in [0.3, 0.4) is 0 Å². The van der Waals surface area contributed by atoms with Crippen molar-refractivity contribution in [3.8, 4) is 0 Å². The fraction of sp³-hybridized carbons (Fsp3) is 0.688. The van der Waals surface area contributed by atoms with E-state index in [4.69, 9.17) is 9.47 Å². The quantitative estimate of drug-likeness (QED) is 0.810. The molecule has 1 aromatic heterocycles. The van der Waals surface area contributed by atoms with Crippen LogP contribution in [0.5, 0.6) is 0 Å². The lowest BCUT2D eigenvalue weighted by molar-refractivity contribution is -0.101. The summed E-state index contributed by atoms with van der Waals surface area (Å²) in [5.41, 5.74) is 0.884. The average molecular weight is 338 g/mol. The van der Waals surface area contributed by atoms with Gasteiger partial charge in [-0.05, 0) is 37.8 Å². The average Bonchev–Trinajstić information content (AvgIpc) is 3.35. The molecule has 1 aromatic rings. The minimum absolute atomic E-state index is 0.0563. The van der Waals surface area contributed by atoms with Gasteiger partial charge in [-0.3, -0.25) is 4.98 Å². The van der Waals surface area contributed by atoms with Crippen LogP contribution in [0.15, 0.2) is 24.4 Å². The largest absolute Gasteiger partial charge is 0.372 e. The molecule has 2 saturated carbocycles. The van der Waals surface area contributed by atoms with Crippen molar-refractivity contribution in [1.29, 1.82) is 0 Å². The predicted octanol–water partition coefficient (Wildman–Crippen LogP) is 1.32. The van der Waals surface area contributed by atoms with Gasteiger partial charge in [0.25, 0.3) is 0 Å². The Kier molecular flexibility index (Phi) is 4.13. The molecule has 126 valence electrons. The molecule has 0 aromatic carbocycles. The summed E-state index contributed by atoms with van der Waals surface area (Å²) in [6, 6.07) is 5.67. The molecule has 1 aliphatic heterocycles. The molecule has 0 unspecified atom stereocenters. The number of ether oxygens (including phenoxy) is 2. The van der Waals surface area contributed by atoms with Crippen LogP contribution in [-0.4, -0.2) is 54.4 Å². The molecular weight excluding hydrogens is 316 g/mol. The van der Waals surface area contributed by atoms with E-state index in [1.165, 1.54) is 0 Å². The molecular formula is C16H22N2O4S. The van der Waals surface area contributed by atoms with Crippen molar-refractivity contribution in [1.82, 2.24) is 9.29 Å². The number of hydrogen-bond acceptors (Lipinski definition) is 5. The van der Waals surface area contributed by atoms with E-state index in [2.05, 4.69) is 4.98 Å². The highest BCUT2D eigenvalue weighted by Crippen LogP contribution is 2.38. The first-order valence-corrected chi connectivity index (χ1v) is 9.80. The van der Waals surface area contributed by atoms with E-state index in [9.17, 15) is 8.42 Å². The Morgan fingerprint density at radius 3 is 2.87 bits per heavy atom. The van der Waals surface area contributed by atoms with Gasteiger partial charge in [-0.15, -0.1) is 0 Å². The molecule has 1 saturated heterocycles. The third-order valence-corrected chi connectivity index (χ3v) is 7.35. The number of nitrogens with zero attached hydrogens (tertiary/aromatic N) is 2. The van der Waals surface area contributed by atoms with Crippen molar-refractivity contribution in [2.75, 3.05) is 13.2 Å². The predicted molar refractivity (Wildman–Crippen MR) is 84.2 cm³/mol. The number of morpholine rings is 1. The van der Waals surface area contributed by atoms with Gasteiger partial charge in [-0.25, -0.2) is 8.42 Å². The maximum absolute atomic E-state index is 12.6. The summed E-state index contributed by atoms with van der Waals surface area (Å²) in [5.74, 6) is 0. The Morgan fingerprint density at radius 2 is 2.13 bits per heavy atom.